The van der Waals surface area contributed by atoms with Crippen LogP contribution >= 0.6 is 57.9 Å². The first-order valence-corrected chi connectivity index (χ1v) is 42.9. The summed E-state index contributed by atoms with van der Waals surface area (Å²) >= 11 is 23.3. The van der Waals surface area contributed by atoms with Crippen LogP contribution in [0.25, 0.3) is 21.3 Å². The monoisotopic (exact) mass is 1790 g/mol. The fourth-order valence-electron chi connectivity index (χ4n) is 15.1. The second-order valence-corrected chi connectivity index (χ2v) is 35.0. The largest absolute Gasteiger partial charge is 0.508 e. The molecule has 0 aliphatic carbocycles. The average molecular weight is 1790 g/mol. The summed E-state index contributed by atoms with van der Waals surface area (Å²) in [6, 6.07) is 9.31. The number of carboxylic acid groups (broad SMARTS) is 1. The maximum absolute atomic E-state index is 15.6. The van der Waals surface area contributed by atoms with E-state index >= 15 is 9.59 Å². The smallest absolute Gasteiger partial charge is 0.330 e. The molecule has 5 aliphatic rings. The van der Waals surface area contributed by atoms with Crippen LogP contribution in [0.3, 0.4) is 0 Å². The van der Waals surface area contributed by atoms with E-state index in [4.69, 9.17) is 79.7 Å². The molecule has 0 spiro atoms. The van der Waals surface area contributed by atoms with Crippen LogP contribution in [-0.4, -0.2) is 197 Å². The predicted octanol–water partition coefficient (Wildman–Crippen LogP) is 8.36. The molecular formula is C84H101Cl3N10O23S2. The highest BCUT2D eigenvalue weighted by atomic mass is 35.5. The lowest BCUT2D eigenvalue weighted by Gasteiger charge is -2.48. The Labute approximate surface area is 725 Å². The molecule has 10 unspecified atom stereocenters. The van der Waals surface area contributed by atoms with Crippen molar-refractivity contribution >= 4 is 115 Å². The van der Waals surface area contributed by atoms with Gasteiger partial charge in [0.1, 0.15) is 77.3 Å². The van der Waals surface area contributed by atoms with Gasteiger partial charge >= 0.3 is 5.97 Å². The van der Waals surface area contributed by atoms with E-state index in [1.54, 1.807) is 25.1 Å². The van der Waals surface area contributed by atoms with Crippen molar-refractivity contribution in [3.05, 3.63) is 140 Å². The van der Waals surface area contributed by atoms with Gasteiger partial charge in [0.2, 0.25) is 53.4 Å². The van der Waals surface area contributed by atoms with E-state index in [2.05, 4.69) is 44.1 Å². The number of nitrogens with two attached hydrogens (primary N) is 2. The van der Waals surface area contributed by atoms with Gasteiger partial charge in [-0.3, -0.25) is 33.6 Å². The third-order valence-corrected chi connectivity index (χ3v) is 24.9. The molecule has 6 aromatic carbocycles. The Balaban J connectivity index is 1.07. The number of ether oxygens (including phenoxy) is 6. The van der Waals surface area contributed by atoms with Crippen LogP contribution in [0.15, 0.2) is 101 Å². The second kappa shape index (κ2) is 40.9. The molecule has 8 bridgehead atoms. The van der Waals surface area contributed by atoms with Crippen molar-refractivity contribution in [3.63, 3.8) is 0 Å². The number of rotatable bonds is 32. The number of aliphatic hydroxyl groups is 5. The van der Waals surface area contributed by atoms with Gasteiger partial charge in [-0.1, -0.05) is 130 Å². The highest BCUT2D eigenvalue weighted by molar-refractivity contribution is 8.01. The average Bonchev–Trinajstić information content (AvgIpc) is 0.871. The van der Waals surface area contributed by atoms with E-state index in [9.17, 15) is 74.7 Å². The number of halogens is 3. The molecule has 7 amide bonds. The molecule has 5 aliphatic heterocycles. The molecule has 1 aromatic heterocycles. The second-order valence-electron chi connectivity index (χ2n) is 31.4. The van der Waals surface area contributed by atoms with Gasteiger partial charge in [-0.05, 0) is 148 Å². The lowest BCUT2D eigenvalue weighted by molar-refractivity contribution is -0.330. The highest BCUT2D eigenvalue weighted by Gasteiger charge is 2.52. The molecule has 2 saturated heterocycles. The minimum atomic E-state index is -2.18. The number of phenolic OH excluding ortho intramolecular Hbond substituents is 3. The molecule has 20 N–H and O–H groups in total. The number of carbonyl (C=O) groups excluding carboxylic acids is 7. The first-order chi connectivity index (χ1) is 57.9. The van der Waals surface area contributed by atoms with Crippen LogP contribution in [0.4, 0.5) is 0 Å². The van der Waals surface area contributed by atoms with Gasteiger partial charge in [-0.2, -0.15) is 0 Å². The number of thioether (sulfide) groups is 1. The standard InChI is InChI=1S/C84H101Cl3N10O23S2/c1-8-9-10-11-12-13-14-15-24-91-84(6)35-62(115-39(5)74(84)106)119-73-71(105)70(104)59(36-121-83-93-50-31-44(85)19-23-60(50)122-83)118-82(73)120-72-57(116-55-21-17-41(27-48(55)86)68(102)66(96-77(109)52(90-7)25-37(2)3)79(111)92-51(75(89)107)34-61(88)101)29-43-30-58(72)117-56-22-18-42(28-49(56)87)69(103)67-80(112)95-65(81(113)114)47-32-45(98)33-54(100)63(47)46-26-40(16-20-53(46)99)64(78(110)97-67)94-76(108)38(43)4/h16-23,26-33,37-39,51-52,59,62,64-71,73-74,82,90-91,98-100,102-106H,8-15,24-25,34-36H2,1-7H3,(H2,88,101)(H2,89,107)(H,92,111)(H,94,108)(H,95,112)(H,96,109)(H,97,110)(H,113,114)/t38-,39?,51+,52+,59?,62?,64-,65-,66-,67?,68-,69-,70?,71?,73?,74?,82?,84?/m1/s1. The molecule has 0 radical (unpaired) electrons. The molecule has 12 rings (SSSR count). The number of carbonyl (C=O) groups is 8. The van der Waals surface area contributed by atoms with Gasteiger partial charge in [0, 0.05) is 45.5 Å². The number of aromatic nitrogens is 1. The Bertz CT molecular complexity index is 5020. The SMILES string of the molecule is CCCCCCCCCCNC1(C)CC(OC2C(Oc3c4cc(cc3Oc3ccc([C@@H](O)[C@@H](NC(=O)[C@H](CC(C)C)NC)C(=O)N[C@@H](CC(N)=O)C(N)=O)cc3Cl)[C@@H](C)C(=O)N[C@H]3C(=O)NC(C(=O)N[C@@H](C(=O)O)c5cc(O)cc(O)c5-c5cc3ccc5O)[C@H](O)c3ccc(c(Cl)c3)O4)OC(CSc3nc4cc(Cl)ccc4s3)C(O)C2O)OC(C)C1O. The van der Waals surface area contributed by atoms with Crippen molar-refractivity contribution in [2.75, 3.05) is 19.3 Å². The number of primary amides is 2. The first-order valence-electron chi connectivity index (χ1n) is 39.9. The van der Waals surface area contributed by atoms with Crippen LogP contribution in [0.5, 0.6) is 46.0 Å². The van der Waals surface area contributed by atoms with Gasteiger partial charge in [0.15, 0.2) is 34.3 Å². The van der Waals surface area contributed by atoms with E-state index in [0.717, 1.165) is 97.8 Å². The number of fused-ring (bicyclic) bond motifs is 9. The Morgan fingerprint density at radius 2 is 1.47 bits per heavy atom. The van der Waals surface area contributed by atoms with Crippen LogP contribution < -0.4 is 62.9 Å². The normalized spacial score (nSPS) is 24.5. The zero-order valence-electron chi connectivity index (χ0n) is 67.6. The number of hydrogen-bond donors (Lipinski definition) is 18. The first kappa shape index (κ1) is 93.3. The molecule has 2 fully saturated rings. The van der Waals surface area contributed by atoms with Gasteiger partial charge < -0.3 is 123 Å². The quantitative estimate of drug-likeness (QED) is 0.0139. The van der Waals surface area contributed by atoms with Crippen molar-refractivity contribution in [2.24, 2.45) is 17.4 Å². The van der Waals surface area contributed by atoms with Gasteiger partial charge in [0.25, 0.3) is 0 Å². The molecule has 18 atom stereocenters. The molecule has 658 valence electrons. The lowest BCUT2D eigenvalue weighted by atomic mass is 9.85. The minimum Gasteiger partial charge on any atom is -0.508 e. The van der Waals surface area contributed by atoms with Gasteiger partial charge in [-0.15, -0.1) is 11.3 Å². The van der Waals surface area contributed by atoms with Crippen molar-refractivity contribution in [1.29, 1.82) is 0 Å². The van der Waals surface area contributed by atoms with Gasteiger partial charge in [-0.25, -0.2) is 9.78 Å². The van der Waals surface area contributed by atoms with Crippen molar-refractivity contribution < 1.29 is 113 Å². The summed E-state index contributed by atoms with van der Waals surface area (Å²) < 4.78 is 42.1. The maximum atomic E-state index is 15.6. The summed E-state index contributed by atoms with van der Waals surface area (Å²) in [5.74, 6) is -15.2. The number of carboxylic acids is 1. The number of phenols is 3. The zero-order chi connectivity index (χ0) is 88.5. The summed E-state index contributed by atoms with van der Waals surface area (Å²) in [5, 5.41) is 125. The van der Waals surface area contributed by atoms with E-state index in [1.807, 2.05) is 20.8 Å². The summed E-state index contributed by atoms with van der Waals surface area (Å²) in [7, 11) is 1.50. The number of thiazole rings is 1. The fourth-order valence-corrected chi connectivity index (χ4v) is 17.9. The number of benzene rings is 6. The molecule has 0 saturated carbocycles. The number of aliphatic carboxylic acids is 1. The number of nitrogens with zero attached hydrogens (tertiary/aromatic N) is 1. The summed E-state index contributed by atoms with van der Waals surface area (Å²) in [6.45, 7) is 11.2. The third-order valence-electron chi connectivity index (χ3n) is 21.9. The molecular weight excluding hydrogens is 1690 g/mol. The Morgan fingerprint density at radius 3 is 2.15 bits per heavy atom. The number of aromatic hydroxyl groups is 3. The highest BCUT2D eigenvalue weighted by Crippen LogP contribution is 2.51. The Hall–Kier alpha value is -9.41. The number of nitrogens with one attached hydrogen (secondary N) is 7. The number of aliphatic hydroxyl groups excluding tert-OH is 5. The van der Waals surface area contributed by atoms with Crippen LogP contribution in [0.1, 0.15) is 170 Å². The van der Waals surface area contributed by atoms with E-state index in [1.165, 1.54) is 74.2 Å². The summed E-state index contributed by atoms with van der Waals surface area (Å²) in [5.41, 5.74) is 8.60. The summed E-state index contributed by atoms with van der Waals surface area (Å²) in [4.78, 5) is 117. The number of amides is 7. The number of hydrogen-bond acceptors (Lipinski definition) is 27. The summed E-state index contributed by atoms with van der Waals surface area (Å²) in [6.07, 6.45) is -8.38. The minimum absolute atomic E-state index is 0.0462. The Kier molecular flexibility index (Phi) is 31.3. The molecule has 33 nitrogen and oxygen atoms in total. The maximum Gasteiger partial charge on any atom is 0.330 e. The number of unbranched alkanes of at least 4 members (excludes halogenated alkanes) is 7. The van der Waals surface area contributed by atoms with Gasteiger partial charge in [0.05, 0.1) is 57.0 Å². The number of likely N-dealkylation sites (N-methyl/N-ethyl adjacent to an activating group) is 1. The molecule has 122 heavy (non-hydrogen) atoms. The molecule has 7 aromatic rings. The van der Waals surface area contributed by atoms with Crippen LogP contribution in [0, 0.1) is 5.92 Å². The molecule has 38 heteroatoms. The van der Waals surface area contributed by atoms with E-state index in [-0.39, 0.29) is 73.9 Å². The van der Waals surface area contributed by atoms with E-state index in [0.29, 0.717) is 21.4 Å². The Morgan fingerprint density at radius 1 is 0.746 bits per heavy atom. The van der Waals surface area contributed by atoms with Crippen LogP contribution in [-0.2, 0) is 52.6 Å². The predicted molar refractivity (Wildman–Crippen MR) is 451 cm³/mol. The molecule has 6 heterocycles. The topological polar surface area (TPSA) is 523 Å². The lowest BCUT2D eigenvalue weighted by Crippen LogP contribution is -2.65. The van der Waals surface area contributed by atoms with Crippen molar-refractivity contribution in [2.45, 2.75) is 226 Å². The van der Waals surface area contributed by atoms with Crippen LogP contribution in [0.2, 0.25) is 15.1 Å². The fraction of sp³-hybridized carbons (Fsp3) is 0.464. The van der Waals surface area contributed by atoms with E-state index < -0.39 is 208 Å². The third kappa shape index (κ3) is 22.2. The van der Waals surface area contributed by atoms with Crippen molar-refractivity contribution in [1.82, 2.24) is 42.2 Å². The van der Waals surface area contributed by atoms with Crippen molar-refractivity contribution in [3.8, 4) is 57.1 Å². The zero-order valence-corrected chi connectivity index (χ0v) is 71.5.